The number of benzene rings is 3. The molecule has 2 aliphatic heterocycles. The number of hydrogen-bond donors (Lipinski definition) is 3. The molecule has 0 bridgehead atoms. The van der Waals surface area contributed by atoms with E-state index >= 15 is 0 Å². The van der Waals surface area contributed by atoms with Gasteiger partial charge in [-0.15, -0.1) is 0 Å². The topological polar surface area (TPSA) is 117 Å². The van der Waals surface area contributed by atoms with E-state index in [0.29, 0.717) is 57.8 Å². The lowest BCUT2D eigenvalue weighted by molar-refractivity contribution is -0.122. The van der Waals surface area contributed by atoms with Crippen molar-refractivity contribution in [2.45, 2.75) is 19.4 Å². The van der Waals surface area contributed by atoms with Crippen molar-refractivity contribution in [1.82, 2.24) is 0 Å². The Morgan fingerprint density at radius 3 is 2.38 bits per heavy atom. The monoisotopic (exact) mass is 545 g/mol. The molecule has 3 aromatic rings. The molecule has 39 heavy (non-hydrogen) atoms. The quantitative estimate of drug-likeness (QED) is 0.378. The maximum Gasteiger partial charge on any atom is 0.414 e. The number of amides is 3. The highest BCUT2D eigenvalue weighted by Crippen LogP contribution is 2.39. The van der Waals surface area contributed by atoms with E-state index in [2.05, 4.69) is 10.6 Å². The minimum atomic E-state index is -1.01. The fraction of sp³-hybridized carbons (Fsp3) is 0.207. The van der Waals surface area contributed by atoms with Gasteiger partial charge in [0.1, 0.15) is 6.61 Å². The molecule has 0 aromatic heterocycles. The van der Waals surface area contributed by atoms with Crippen LogP contribution in [0.15, 0.2) is 66.7 Å². The average Bonchev–Trinajstić information content (AvgIpc) is 3.48. The number of hydrogen-bond acceptors (Lipinski definition) is 6. The van der Waals surface area contributed by atoms with Crippen molar-refractivity contribution in [2.75, 3.05) is 40.6 Å². The first-order chi connectivity index (χ1) is 18.5. The molecule has 3 aromatic carbocycles. The van der Waals surface area contributed by atoms with Gasteiger partial charge < -0.3 is 26.0 Å². The van der Waals surface area contributed by atoms with Gasteiger partial charge in [-0.2, -0.15) is 0 Å². The van der Waals surface area contributed by atoms with E-state index in [1.165, 1.54) is 4.90 Å². The first-order valence-electron chi connectivity index (χ1n) is 12.4. The van der Waals surface area contributed by atoms with Crippen molar-refractivity contribution in [1.29, 1.82) is 0 Å². The number of cyclic esters (lactones) is 1. The number of nitrogens with zero attached hydrogens (tertiary/aromatic N) is 2. The van der Waals surface area contributed by atoms with Gasteiger partial charge in [-0.1, -0.05) is 29.8 Å². The fourth-order valence-electron chi connectivity index (χ4n) is 4.57. The van der Waals surface area contributed by atoms with Crippen molar-refractivity contribution >= 4 is 63.5 Å². The Hall–Kier alpha value is -4.34. The van der Waals surface area contributed by atoms with Gasteiger partial charge in [0.2, 0.25) is 5.91 Å². The molecule has 10 heteroatoms. The molecule has 0 radical (unpaired) electrons. The number of anilines is 4. The summed E-state index contributed by atoms with van der Waals surface area (Å²) in [6.07, 6.45) is -0.387. The summed E-state index contributed by atoms with van der Waals surface area (Å²) in [5, 5.41) is 6.80. The molecule has 1 saturated heterocycles. The lowest BCUT2D eigenvalue weighted by Crippen LogP contribution is -2.49. The molecule has 0 spiro atoms. The maximum atomic E-state index is 13.2. The predicted octanol–water partition coefficient (Wildman–Crippen LogP) is 4.93. The van der Waals surface area contributed by atoms with Crippen LogP contribution < -0.4 is 26.2 Å². The van der Waals surface area contributed by atoms with Gasteiger partial charge in [-0.3, -0.25) is 14.5 Å². The van der Waals surface area contributed by atoms with E-state index in [4.69, 9.17) is 22.1 Å². The summed E-state index contributed by atoms with van der Waals surface area (Å²) in [5.74, 6) is -0.486. The van der Waals surface area contributed by atoms with Crippen LogP contribution in [0, 0.1) is 0 Å². The number of nitrogens with one attached hydrogen (secondary N) is 2. The number of carbonyl (C=O) groups is 3. The second-order valence-corrected chi connectivity index (χ2v) is 10.4. The van der Waals surface area contributed by atoms with Crippen molar-refractivity contribution < 1.29 is 19.1 Å². The number of ether oxygens (including phenoxy) is 1. The van der Waals surface area contributed by atoms with E-state index in [1.54, 1.807) is 56.1 Å². The Labute approximate surface area is 231 Å². The van der Waals surface area contributed by atoms with E-state index in [9.17, 15) is 14.4 Å². The third-order valence-electron chi connectivity index (χ3n) is 6.58. The lowest BCUT2D eigenvalue weighted by Gasteiger charge is -2.26. The van der Waals surface area contributed by atoms with Crippen LogP contribution in [-0.4, -0.2) is 43.6 Å². The van der Waals surface area contributed by atoms with Gasteiger partial charge in [0.25, 0.3) is 5.91 Å². The van der Waals surface area contributed by atoms with Crippen LogP contribution >= 0.6 is 11.6 Å². The second kappa shape index (κ2) is 10.1. The van der Waals surface area contributed by atoms with Crippen molar-refractivity contribution in [2.24, 2.45) is 5.73 Å². The third kappa shape index (κ3) is 5.19. The molecule has 3 amide bonds. The van der Waals surface area contributed by atoms with Gasteiger partial charge >= 0.3 is 6.09 Å². The molecule has 0 aliphatic carbocycles. The maximum absolute atomic E-state index is 13.2. The Morgan fingerprint density at radius 2 is 1.77 bits per heavy atom. The molecule has 1 fully saturated rings. The first kappa shape index (κ1) is 26.3. The van der Waals surface area contributed by atoms with Crippen molar-refractivity contribution in [3.63, 3.8) is 0 Å². The van der Waals surface area contributed by atoms with Crippen LogP contribution in [0.1, 0.15) is 25.0 Å². The molecule has 0 unspecified atom stereocenters. The summed E-state index contributed by atoms with van der Waals surface area (Å²) in [4.78, 5) is 40.9. The summed E-state index contributed by atoms with van der Waals surface area (Å²) in [5.41, 5.74) is 10.2. The average molecular weight is 546 g/mol. The summed E-state index contributed by atoms with van der Waals surface area (Å²) < 4.78 is 5.05. The summed E-state index contributed by atoms with van der Waals surface area (Å²) in [6.45, 7) is 4.15. The van der Waals surface area contributed by atoms with E-state index in [1.807, 2.05) is 36.4 Å². The Bertz CT molecular complexity index is 1490. The van der Waals surface area contributed by atoms with E-state index < -0.39 is 5.54 Å². The van der Waals surface area contributed by atoms with E-state index in [0.717, 1.165) is 5.56 Å². The van der Waals surface area contributed by atoms with Crippen LogP contribution in [0.4, 0.5) is 27.5 Å². The molecule has 200 valence electrons. The Kier molecular flexibility index (Phi) is 6.80. The number of rotatable bonds is 6. The molecule has 0 saturated carbocycles. The Balaban J connectivity index is 1.53. The van der Waals surface area contributed by atoms with Crippen molar-refractivity contribution in [3.05, 3.63) is 82.9 Å². The smallest absolute Gasteiger partial charge is 0.414 e. The minimum absolute atomic E-state index is 0.217. The number of fused-ring (bicyclic) bond motifs is 1. The number of nitrogens with two attached hydrogens (primary N) is 1. The van der Waals surface area contributed by atoms with Gasteiger partial charge in [-0.05, 0) is 67.9 Å². The molecule has 2 heterocycles. The molecule has 4 N–H and O–H groups in total. The van der Waals surface area contributed by atoms with Gasteiger partial charge in [0, 0.05) is 34.7 Å². The van der Waals surface area contributed by atoms with Crippen LogP contribution in [-0.2, 0) is 14.3 Å². The molecular formula is C29H28ClN5O4. The van der Waals surface area contributed by atoms with Crippen molar-refractivity contribution in [3.8, 4) is 0 Å². The van der Waals surface area contributed by atoms with E-state index in [-0.39, 0.29) is 17.9 Å². The lowest BCUT2D eigenvalue weighted by atomic mass is 9.99. The second-order valence-electron chi connectivity index (χ2n) is 9.96. The standard InChI is InChI=1S/C29H28ClN5O4/c1-29(2,31)27(37)34(3)20-11-7-19(8-12-20)32-25(24-22-13-6-18(30)16-23(22)33-26(24)36)17-4-9-21(10-5-17)35-14-15-39-28(35)38/h4-13,16,32H,14-15,31H2,1-3H3,(H,33,36)/b25-24-. The third-order valence-corrected chi connectivity index (χ3v) is 6.82. The largest absolute Gasteiger partial charge is 0.447 e. The normalized spacial score (nSPS) is 16.0. The highest BCUT2D eigenvalue weighted by Gasteiger charge is 2.30. The number of halogens is 1. The van der Waals surface area contributed by atoms with Gasteiger partial charge in [0.05, 0.1) is 29.0 Å². The van der Waals surface area contributed by atoms with Gasteiger partial charge in [-0.25, -0.2) is 4.79 Å². The zero-order valence-electron chi connectivity index (χ0n) is 21.7. The SMILES string of the molecule is CN(C(=O)C(C)(C)N)c1ccc(N/C(=C2\C(=O)Nc3cc(Cl)ccc32)c2ccc(N3CCOC3=O)cc2)cc1. The summed E-state index contributed by atoms with van der Waals surface area (Å²) in [6, 6.07) is 19.8. The predicted molar refractivity (Wildman–Crippen MR) is 154 cm³/mol. The number of carbonyl (C=O) groups excluding carboxylic acids is 3. The highest BCUT2D eigenvalue weighted by molar-refractivity contribution is 6.38. The minimum Gasteiger partial charge on any atom is -0.447 e. The van der Waals surface area contributed by atoms with Gasteiger partial charge in [0.15, 0.2) is 0 Å². The highest BCUT2D eigenvalue weighted by atomic mass is 35.5. The first-order valence-corrected chi connectivity index (χ1v) is 12.7. The van der Waals surface area contributed by atoms with Crippen LogP contribution in [0.5, 0.6) is 0 Å². The fourth-order valence-corrected chi connectivity index (χ4v) is 4.74. The van der Waals surface area contributed by atoms with Crippen LogP contribution in [0.2, 0.25) is 5.02 Å². The van der Waals surface area contributed by atoms with Crippen LogP contribution in [0.3, 0.4) is 0 Å². The molecule has 0 atom stereocenters. The number of likely N-dealkylation sites (N-methyl/N-ethyl adjacent to an activating group) is 1. The Morgan fingerprint density at radius 1 is 1.08 bits per heavy atom. The van der Waals surface area contributed by atoms with Crippen LogP contribution in [0.25, 0.3) is 11.3 Å². The summed E-state index contributed by atoms with van der Waals surface area (Å²) in [7, 11) is 1.68. The molecule has 5 rings (SSSR count). The zero-order valence-corrected chi connectivity index (χ0v) is 22.5. The summed E-state index contributed by atoms with van der Waals surface area (Å²) >= 11 is 6.17. The zero-order chi connectivity index (χ0) is 27.9. The molecule has 9 nitrogen and oxygen atoms in total. The molecule has 2 aliphatic rings. The molecular weight excluding hydrogens is 518 g/mol.